The summed E-state index contributed by atoms with van der Waals surface area (Å²) in [6.07, 6.45) is 11.5. The lowest BCUT2D eigenvalue weighted by Gasteiger charge is -2.27. The van der Waals surface area contributed by atoms with Gasteiger partial charge < -0.3 is 15.6 Å². The molecular formula is C28H33N7O2. The molecule has 5 rings (SSSR count). The third-order valence-electron chi connectivity index (χ3n) is 7.60. The Morgan fingerprint density at radius 3 is 2.62 bits per heavy atom. The minimum Gasteiger partial charge on any atom is -0.352 e. The number of amides is 2. The fourth-order valence-corrected chi connectivity index (χ4v) is 5.23. The quantitative estimate of drug-likeness (QED) is 0.335. The summed E-state index contributed by atoms with van der Waals surface area (Å²) >= 11 is 0. The molecule has 1 atom stereocenters. The van der Waals surface area contributed by atoms with Crippen molar-refractivity contribution < 1.29 is 9.59 Å². The van der Waals surface area contributed by atoms with E-state index >= 15 is 0 Å². The molecule has 9 heteroatoms. The van der Waals surface area contributed by atoms with Crippen LogP contribution in [0.5, 0.6) is 0 Å². The molecule has 0 aliphatic heterocycles. The maximum Gasteiger partial charge on any atom is 0.257 e. The molecule has 1 fully saturated rings. The van der Waals surface area contributed by atoms with E-state index in [1.165, 1.54) is 25.5 Å². The van der Waals surface area contributed by atoms with Crippen LogP contribution in [0, 0.1) is 18.3 Å². The Morgan fingerprint density at radius 2 is 1.89 bits per heavy atom. The summed E-state index contributed by atoms with van der Waals surface area (Å²) in [5.41, 5.74) is 4.81. The summed E-state index contributed by atoms with van der Waals surface area (Å²) in [5, 5.41) is 10.9. The van der Waals surface area contributed by atoms with Crippen molar-refractivity contribution in [3.05, 3.63) is 59.8 Å². The van der Waals surface area contributed by atoms with Crippen LogP contribution < -0.4 is 10.6 Å². The second kappa shape index (κ2) is 9.80. The van der Waals surface area contributed by atoms with Gasteiger partial charge in [0.05, 0.1) is 34.4 Å². The molecule has 192 valence electrons. The molecule has 1 saturated carbocycles. The van der Waals surface area contributed by atoms with Gasteiger partial charge in [-0.2, -0.15) is 5.10 Å². The number of hydrogen-bond acceptors (Lipinski definition) is 5. The highest BCUT2D eigenvalue weighted by Gasteiger charge is 2.33. The Labute approximate surface area is 216 Å². The first-order valence-electron chi connectivity index (χ1n) is 12.7. The molecule has 1 aliphatic rings. The van der Waals surface area contributed by atoms with E-state index in [0.717, 1.165) is 23.1 Å². The lowest BCUT2D eigenvalue weighted by atomic mass is 9.80. The maximum atomic E-state index is 13.0. The first-order chi connectivity index (χ1) is 17.7. The highest BCUT2D eigenvalue weighted by molar-refractivity contribution is 6.06. The number of H-pyrrole nitrogens is 1. The normalized spacial score (nSPS) is 16.7. The highest BCUT2D eigenvalue weighted by Crippen LogP contribution is 2.44. The average Bonchev–Trinajstić information content (AvgIpc) is 3.57. The van der Waals surface area contributed by atoms with Crippen LogP contribution >= 0.6 is 0 Å². The Kier molecular flexibility index (Phi) is 6.54. The van der Waals surface area contributed by atoms with Crippen LogP contribution in [-0.2, 0) is 7.05 Å². The molecule has 0 spiro atoms. The SMILES string of the molecule is Cc1ncc(C(=O)NCCC2CCCC2(C)C)cc1NC(=O)c1cnc2[nH]c(-c3cnn(C)c3)cc2c1. The van der Waals surface area contributed by atoms with Gasteiger partial charge in [0.1, 0.15) is 5.65 Å². The molecule has 0 saturated heterocycles. The summed E-state index contributed by atoms with van der Waals surface area (Å²) in [6, 6.07) is 5.41. The van der Waals surface area contributed by atoms with E-state index in [2.05, 4.69) is 44.5 Å². The van der Waals surface area contributed by atoms with Gasteiger partial charge in [0.2, 0.25) is 0 Å². The van der Waals surface area contributed by atoms with Gasteiger partial charge in [0, 0.05) is 43.1 Å². The van der Waals surface area contributed by atoms with Crippen molar-refractivity contribution in [1.82, 2.24) is 30.0 Å². The zero-order valence-electron chi connectivity index (χ0n) is 21.8. The third kappa shape index (κ3) is 5.26. The molecule has 4 aromatic rings. The summed E-state index contributed by atoms with van der Waals surface area (Å²) in [4.78, 5) is 37.8. The molecular weight excluding hydrogens is 466 g/mol. The van der Waals surface area contributed by atoms with E-state index < -0.39 is 0 Å². The lowest BCUT2D eigenvalue weighted by molar-refractivity contribution is 0.0946. The van der Waals surface area contributed by atoms with Gasteiger partial charge in [0.15, 0.2) is 0 Å². The van der Waals surface area contributed by atoms with E-state index in [4.69, 9.17) is 0 Å². The fourth-order valence-electron chi connectivity index (χ4n) is 5.23. The first-order valence-corrected chi connectivity index (χ1v) is 12.7. The fraction of sp³-hybridized carbons (Fsp3) is 0.393. The second-order valence-electron chi connectivity index (χ2n) is 10.7. The van der Waals surface area contributed by atoms with Gasteiger partial charge in [0.25, 0.3) is 11.8 Å². The van der Waals surface area contributed by atoms with Crippen molar-refractivity contribution in [2.24, 2.45) is 18.4 Å². The van der Waals surface area contributed by atoms with Crippen LogP contribution in [0.3, 0.4) is 0 Å². The smallest absolute Gasteiger partial charge is 0.257 e. The Balaban J connectivity index is 1.25. The Bertz CT molecular complexity index is 1470. The average molecular weight is 500 g/mol. The van der Waals surface area contributed by atoms with Crippen LogP contribution in [0.25, 0.3) is 22.3 Å². The molecule has 3 N–H and O–H groups in total. The first kappa shape index (κ1) is 24.7. The van der Waals surface area contributed by atoms with Crippen molar-refractivity contribution >= 4 is 28.5 Å². The van der Waals surface area contributed by atoms with E-state index in [1.54, 1.807) is 36.1 Å². The van der Waals surface area contributed by atoms with Crippen LogP contribution in [0.1, 0.15) is 65.9 Å². The molecule has 0 bridgehead atoms. The maximum absolute atomic E-state index is 13.0. The summed E-state index contributed by atoms with van der Waals surface area (Å²) in [7, 11) is 1.86. The summed E-state index contributed by atoms with van der Waals surface area (Å²) < 4.78 is 1.73. The molecule has 4 aromatic heterocycles. The van der Waals surface area contributed by atoms with E-state index in [9.17, 15) is 9.59 Å². The van der Waals surface area contributed by atoms with Gasteiger partial charge in [-0.15, -0.1) is 0 Å². The zero-order valence-corrected chi connectivity index (χ0v) is 21.8. The summed E-state index contributed by atoms with van der Waals surface area (Å²) in [5.74, 6) is 0.131. The minimum atomic E-state index is -0.315. The second-order valence-corrected chi connectivity index (χ2v) is 10.7. The molecule has 2 amide bonds. The third-order valence-corrected chi connectivity index (χ3v) is 7.60. The molecule has 0 aromatic carbocycles. The van der Waals surface area contributed by atoms with E-state index in [0.29, 0.717) is 46.0 Å². The number of hydrogen-bond donors (Lipinski definition) is 3. The molecule has 9 nitrogen and oxygen atoms in total. The van der Waals surface area contributed by atoms with Gasteiger partial charge in [-0.1, -0.05) is 20.3 Å². The number of nitrogens with one attached hydrogen (secondary N) is 3. The van der Waals surface area contributed by atoms with Crippen molar-refractivity contribution in [2.45, 2.75) is 46.5 Å². The number of carbonyl (C=O) groups excluding carboxylic acids is 2. The van der Waals surface area contributed by atoms with E-state index in [-0.39, 0.29) is 11.8 Å². The van der Waals surface area contributed by atoms with Crippen molar-refractivity contribution in [2.75, 3.05) is 11.9 Å². The topological polar surface area (TPSA) is 118 Å². The molecule has 37 heavy (non-hydrogen) atoms. The van der Waals surface area contributed by atoms with Gasteiger partial charge in [-0.25, -0.2) is 4.98 Å². The van der Waals surface area contributed by atoms with Gasteiger partial charge >= 0.3 is 0 Å². The molecule has 0 radical (unpaired) electrons. The largest absolute Gasteiger partial charge is 0.352 e. The van der Waals surface area contributed by atoms with Crippen LogP contribution in [0.2, 0.25) is 0 Å². The number of rotatable bonds is 7. The number of anilines is 1. The van der Waals surface area contributed by atoms with Crippen LogP contribution in [-0.4, -0.2) is 43.1 Å². The number of nitrogens with zero attached hydrogens (tertiary/aromatic N) is 4. The number of pyridine rings is 2. The van der Waals surface area contributed by atoms with Crippen molar-refractivity contribution in [3.8, 4) is 11.3 Å². The number of carbonyl (C=O) groups is 2. The van der Waals surface area contributed by atoms with Crippen molar-refractivity contribution in [1.29, 1.82) is 0 Å². The monoisotopic (exact) mass is 499 g/mol. The minimum absolute atomic E-state index is 0.183. The lowest BCUT2D eigenvalue weighted by Crippen LogP contribution is -2.28. The van der Waals surface area contributed by atoms with Gasteiger partial charge in [-0.05, 0) is 55.7 Å². The van der Waals surface area contributed by atoms with Crippen LogP contribution in [0.4, 0.5) is 5.69 Å². The predicted octanol–water partition coefficient (Wildman–Crippen LogP) is 4.87. The Hall–Kier alpha value is -4.01. The summed E-state index contributed by atoms with van der Waals surface area (Å²) in [6.45, 7) is 7.06. The number of aryl methyl sites for hydroxylation is 2. The van der Waals surface area contributed by atoms with Gasteiger partial charge in [-0.3, -0.25) is 19.3 Å². The number of aromatic amines is 1. The number of aromatic nitrogens is 5. The Morgan fingerprint density at radius 1 is 1.11 bits per heavy atom. The highest BCUT2D eigenvalue weighted by atomic mass is 16.2. The van der Waals surface area contributed by atoms with E-state index in [1.807, 2.05) is 19.3 Å². The number of fused-ring (bicyclic) bond motifs is 1. The predicted molar refractivity (Wildman–Crippen MR) is 143 cm³/mol. The van der Waals surface area contributed by atoms with Crippen molar-refractivity contribution in [3.63, 3.8) is 0 Å². The standard InChI is InChI=1S/C28H33N7O2/c1-17-23(12-20(13-30-17)26(36)29-9-7-22-6-5-8-28(22,2)3)34-27(37)19-10-18-11-24(33-25(18)31-14-19)21-15-32-35(4)16-21/h10-16,22H,5-9H2,1-4H3,(H,29,36)(H,31,33)(H,34,37). The molecule has 1 aliphatic carbocycles. The molecule has 1 unspecified atom stereocenters. The van der Waals surface area contributed by atoms with Crippen LogP contribution in [0.15, 0.2) is 43.0 Å². The zero-order chi connectivity index (χ0) is 26.2. The molecule has 4 heterocycles.